The highest BCUT2D eigenvalue weighted by atomic mass is 127. The molecule has 0 aliphatic carbocycles. The Morgan fingerprint density at radius 2 is 1.76 bits per heavy atom. The third-order valence-corrected chi connectivity index (χ3v) is 14.7. The summed E-state index contributed by atoms with van der Waals surface area (Å²) in [7, 11) is -1.60. The summed E-state index contributed by atoms with van der Waals surface area (Å²) in [6.45, 7) is 12.1. The summed E-state index contributed by atoms with van der Waals surface area (Å²) in [4.78, 5) is 7.21. The van der Waals surface area contributed by atoms with E-state index in [0.29, 0.717) is 5.67 Å². The Balaban J connectivity index is 0.000000171. The van der Waals surface area contributed by atoms with Gasteiger partial charge in [0.25, 0.3) is 5.65 Å². The molecule has 29 heavy (non-hydrogen) atoms. The predicted octanol–water partition coefficient (Wildman–Crippen LogP) is 6.43. The Morgan fingerprint density at radius 3 is 2.41 bits per heavy atom. The van der Waals surface area contributed by atoms with Gasteiger partial charge in [-0.3, -0.25) is 4.23 Å². The lowest BCUT2D eigenvalue weighted by molar-refractivity contribution is -0.673. The van der Waals surface area contributed by atoms with Gasteiger partial charge in [0.1, 0.15) is 11.3 Å². The van der Waals surface area contributed by atoms with Gasteiger partial charge in [0.15, 0.2) is 0 Å². The number of hydrogen-bond donors (Lipinski definition) is 1. The van der Waals surface area contributed by atoms with Crippen LogP contribution in [0.25, 0.3) is 22.1 Å². The molecule has 0 bridgehead atoms. The van der Waals surface area contributed by atoms with Crippen LogP contribution in [0.5, 0.6) is 0 Å². The molecule has 152 valence electrons. The van der Waals surface area contributed by atoms with Crippen LogP contribution in [-0.2, 0) is 0 Å². The summed E-state index contributed by atoms with van der Waals surface area (Å²) in [5.74, 6) is 0. The maximum absolute atomic E-state index is 4.14. The number of pyridine rings is 2. The van der Waals surface area contributed by atoms with E-state index in [1.807, 2.05) is 12.3 Å². The lowest BCUT2D eigenvalue weighted by atomic mass is 10.3. The van der Waals surface area contributed by atoms with E-state index in [1.165, 1.54) is 23.6 Å². The zero-order chi connectivity index (χ0) is 20.9. The van der Waals surface area contributed by atoms with E-state index < -0.39 is 8.24 Å². The van der Waals surface area contributed by atoms with Crippen molar-refractivity contribution in [1.82, 2.24) is 14.2 Å². The van der Waals surface area contributed by atoms with E-state index >= 15 is 0 Å². The SMILES string of the molecule is CC(C)[Si]1(C(C)C)C(C)[n+]2cccc3c(I)cn1c32.Ic1c[nH]c2ncccc12. The molecule has 0 spiro atoms. The van der Waals surface area contributed by atoms with Gasteiger partial charge in [0.2, 0.25) is 0 Å². The molecule has 0 radical (unpaired) electrons. The van der Waals surface area contributed by atoms with Gasteiger partial charge in [-0.25, -0.2) is 9.55 Å². The Kier molecular flexibility index (Phi) is 5.84. The summed E-state index contributed by atoms with van der Waals surface area (Å²) < 4.78 is 7.85. The Labute approximate surface area is 200 Å². The van der Waals surface area contributed by atoms with Crippen LogP contribution in [0.3, 0.4) is 0 Å². The molecule has 0 aromatic carbocycles. The summed E-state index contributed by atoms with van der Waals surface area (Å²) in [6, 6.07) is 8.47. The minimum atomic E-state index is -1.60. The highest BCUT2D eigenvalue weighted by Crippen LogP contribution is 2.45. The van der Waals surface area contributed by atoms with Crippen LogP contribution in [0.2, 0.25) is 11.1 Å². The summed E-state index contributed by atoms with van der Waals surface area (Å²) in [5.41, 5.74) is 4.55. The number of aromatic amines is 1. The molecule has 1 unspecified atom stereocenters. The first-order valence-corrected chi connectivity index (χ1v) is 14.4. The lowest BCUT2D eigenvalue weighted by Crippen LogP contribution is -2.56. The fraction of sp³-hybridized carbons (Fsp3) is 0.364. The molecule has 1 aliphatic heterocycles. The average molecular weight is 629 g/mol. The lowest BCUT2D eigenvalue weighted by Gasteiger charge is -2.33. The van der Waals surface area contributed by atoms with Crippen LogP contribution in [0.4, 0.5) is 0 Å². The van der Waals surface area contributed by atoms with Gasteiger partial charge in [-0.05, 0) is 87.5 Å². The van der Waals surface area contributed by atoms with E-state index in [1.54, 1.807) is 6.20 Å². The molecule has 5 heterocycles. The molecule has 7 heteroatoms. The van der Waals surface area contributed by atoms with Gasteiger partial charge in [0, 0.05) is 21.4 Å². The number of aromatic nitrogens is 4. The molecule has 4 aromatic rings. The molecule has 1 atom stereocenters. The van der Waals surface area contributed by atoms with Crippen molar-refractivity contribution in [2.24, 2.45) is 0 Å². The van der Waals surface area contributed by atoms with E-state index in [-0.39, 0.29) is 0 Å². The number of H-pyrrole nitrogens is 1. The first-order valence-electron chi connectivity index (χ1n) is 10.1. The third-order valence-electron chi connectivity index (χ3n) is 6.48. The second-order valence-electron chi connectivity index (χ2n) is 8.41. The molecule has 0 amide bonds. The maximum Gasteiger partial charge on any atom is 0.315 e. The number of rotatable bonds is 2. The van der Waals surface area contributed by atoms with Crippen molar-refractivity contribution in [3.05, 3.63) is 56.2 Å². The number of nitrogens with zero attached hydrogens (tertiary/aromatic N) is 3. The summed E-state index contributed by atoms with van der Waals surface area (Å²) in [5, 5.41) is 2.62. The van der Waals surface area contributed by atoms with Crippen molar-refractivity contribution in [2.45, 2.75) is 51.4 Å². The molecule has 5 rings (SSSR count). The topological polar surface area (TPSA) is 37.5 Å². The van der Waals surface area contributed by atoms with Crippen LogP contribution in [0.1, 0.15) is 40.3 Å². The first-order chi connectivity index (χ1) is 13.8. The molecular formula is C22H27I2N4Si+. The average Bonchev–Trinajstić information content (AvgIpc) is 3.31. The summed E-state index contributed by atoms with van der Waals surface area (Å²) >= 11 is 4.77. The quantitative estimate of drug-likeness (QED) is 0.155. The molecule has 0 fully saturated rings. The first kappa shape index (κ1) is 21.3. The van der Waals surface area contributed by atoms with Crippen LogP contribution in [0.15, 0.2) is 49.1 Å². The fourth-order valence-electron chi connectivity index (χ4n) is 5.34. The molecule has 1 aliphatic rings. The Morgan fingerprint density at radius 1 is 1.07 bits per heavy atom. The number of hydrogen-bond acceptors (Lipinski definition) is 1. The van der Waals surface area contributed by atoms with Crippen molar-refractivity contribution < 1.29 is 4.57 Å². The van der Waals surface area contributed by atoms with Gasteiger partial charge in [-0.15, -0.1) is 0 Å². The molecule has 1 N–H and O–H groups in total. The minimum absolute atomic E-state index is 0.642. The van der Waals surface area contributed by atoms with Crippen LogP contribution in [0, 0.1) is 7.14 Å². The highest BCUT2D eigenvalue weighted by Gasteiger charge is 2.60. The molecule has 0 saturated carbocycles. The van der Waals surface area contributed by atoms with E-state index in [4.69, 9.17) is 0 Å². The van der Waals surface area contributed by atoms with Crippen molar-refractivity contribution in [2.75, 3.05) is 0 Å². The predicted molar refractivity (Wildman–Crippen MR) is 140 cm³/mol. The van der Waals surface area contributed by atoms with Crippen molar-refractivity contribution in [1.29, 1.82) is 0 Å². The van der Waals surface area contributed by atoms with E-state index in [2.05, 4.69) is 129 Å². The van der Waals surface area contributed by atoms with Crippen LogP contribution < -0.4 is 4.57 Å². The molecule has 4 nitrogen and oxygen atoms in total. The van der Waals surface area contributed by atoms with Crippen LogP contribution >= 0.6 is 45.2 Å². The zero-order valence-electron chi connectivity index (χ0n) is 17.4. The smallest absolute Gasteiger partial charge is 0.315 e. The molecule has 4 aromatic heterocycles. The number of halogens is 2. The minimum Gasteiger partial charge on any atom is -0.345 e. The van der Waals surface area contributed by atoms with Gasteiger partial charge in [0.05, 0.1) is 21.4 Å². The van der Waals surface area contributed by atoms with Gasteiger partial charge in [-0.2, -0.15) is 0 Å². The molecular weight excluding hydrogens is 602 g/mol. The third kappa shape index (κ3) is 3.18. The second-order valence-corrected chi connectivity index (χ2v) is 16.1. The molecule has 0 saturated heterocycles. The standard InChI is InChI=1S/C15H22IN2Si.C7H5IN2/c1-10(2)19(11(3)4)12(5)17-8-6-7-13-14(16)9-18(19)15(13)17;8-6-4-10-7-5(6)2-1-3-9-7/h6-12H,1-5H3;1-4H,(H,9,10)/q+1;. The normalized spacial score (nSPS) is 17.3. The number of nitrogens with one attached hydrogen (secondary N) is 1. The fourth-order valence-corrected chi connectivity index (χ4v) is 13.3. The number of fused-ring (bicyclic) bond motifs is 1. The highest BCUT2D eigenvalue weighted by molar-refractivity contribution is 14.1. The largest absolute Gasteiger partial charge is 0.345 e. The van der Waals surface area contributed by atoms with Crippen molar-refractivity contribution >= 4 is 75.5 Å². The van der Waals surface area contributed by atoms with Crippen molar-refractivity contribution in [3.8, 4) is 0 Å². The van der Waals surface area contributed by atoms with Gasteiger partial charge >= 0.3 is 8.24 Å². The van der Waals surface area contributed by atoms with E-state index in [0.717, 1.165) is 16.7 Å². The Bertz CT molecular complexity index is 1170. The monoisotopic (exact) mass is 629 g/mol. The second kappa shape index (κ2) is 7.95. The van der Waals surface area contributed by atoms with Gasteiger partial charge in [-0.1, -0.05) is 27.7 Å². The maximum atomic E-state index is 4.14. The van der Waals surface area contributed by atoms with Gasteiger partial charge < -0.3 is 4.98 Å². The van der Waals surface area contributed by atoms with E-state index in [9.17, 15) is 0 Å². The van der Waals surface area contributed by atoms with Crippen molar-refractivity contribution in [3.63, 3.8) is 0 Å². The Hall–Kier alpha value is -0.943. The zero-order valence-corrected chi connectivity index (χ0v) is 22.8. The van der Waals surface area contributed by atoms with Crippen LogP contribution in [-0.4, -0.2) is 22.4 Å². The summed E-state index contributed by atoms with van der Waals surface area (Å²) in [6.07, 6.45) is 8.43.